The fraction of sp³-hybridized carbons (Fsp3) is 0.375. The maximum absolute atomic E-state index is 4.47. The number of hydrogen-bond acceptors (Lipinski definition) is 2. The fourth-order valence-corrected chi connectivity index (χ4v) is 4.47. The Morgan fingerprint density at radius 3 is 2.77 bits per heavy atom. The molecule has 0 bridgehead atoms. The highest BCUT2D eigenvalue weighted by Gasteiger charge is 2.31. The summed E-state index contributed by atoms with van der Waals surface area (Å²) in [5, 5.41) is 0. The van der Waals surface area contributed by atoms with Gasteiger partial charge < -0.3 is 4.90 Å². The first-order chi connectivity index (χ1) is 12.7. The van der Waals surface area contributed by atoms with E-state index in [2.05, 4.69) is 53.4 Å². The van der Waals surface area contributed by atoms with Gasteiger partial charge in [-0.15, -0.1) is 0 Å². The molecule has 1 atom stereocenters. The second-order valence-electron chi connectivity index (χ2n) is 7.61. The molecule has 1 aromatic heterocycles. The summed E-state index contributed by atoms with van der Waals surface area (Å²) in [7, 11) is 0. The van der Waals surface area contributed by atoms with Crippen LogP contribution in [-0.2, 0) is 19.4 Å². The number of nitrogens with zero attached hydrogens (tertiary/aromatic N) is 2. The van der Waals surface area contributed by atoms with Gasteiger partial charge in [-0.1, -0.05) is 55.8 Å². The molecule has 2 aromatic rings. The molecule has 1 saturated carbocycles. The van der Waals surface area contributed by atoms with E-state index in [1.165, 1.54) is 53.6 Å². The molecular weight excluding hydrogens is 316 g/mol. The van der Waals surface area contributed by atoms with Gasteiger partial charge in [0.05, 0.1) is 6.04 Å². The molecule has 0 saturated heterocycles. The van der Waals surface area contributed by atoms with Crippen LogP contribution in [0.3, 0.4) is 0 Å². The van der Waals surface area contributed by atoms with Crippen molar-refractivity contribution in [2.45, 2.75) is 57.5 Å². The third kappa shape index (κ3) is 3.33. The summed E-state index contributed by atoms with van der Waals surface area (Å²) < 4.78 is 0. The van der Waals surface area contributed by atoms with E-state index in [0.29, 0.717) is 6.04 Å². The molecule has 2 nitrogen and oxygen atoms in total. The van der Waals surface area contributed by atoms with E-state index >= 15 is 0 Å². The molecule has 26 heavy (non-hydrogen) atoms. The van der Waals surface area contributed by atoms with Crippen molar-refractivity contribution in [1.29, 1.82) is 0 Å². The van der Waals surface area contributed by atoms with Crippen molar-refractivity contribution < 1.29 is 0 Å². The molecule has 2 heteroatoms. The first kappa shape index (κ1) is 17.1. The van der Waals surface area contributed by atoms with Gasteiger partial charge in [-0.2, -0.15) is 0 Å². The Morgan fingerprint density at radius 1 is 1.00 bits per heavy atom. The molecule has 1 fully saturated rings. The number of aromatic nitrogens is 1. The van der Waals surface area contributed by atoms with Gasteiger partial charge in [-0.05, 0) is 55.4 Å². The average Bonchev–Trinajstić information content (AvgIpc) is 2.85. The van der Waals surface area contributed by atoms with Crippen LogP contribution in [0.25, 0.3) is 5.70 Å². The summed E-state index contributed by atoms with van der Waals surface area (Å²) in [6.45, 7) is 9.84. The third-order valence-electron chi connectivity index (χ3n) is 5.96. The number of fused-ring (bicyclic) bond motifs is 1. The van der Waals surface area contributed by atoms with Crippen LogP contribution in [0, 0.1) is 0 Å². The first-order valence-electron chi connectivity index (χ1n) is 9.88. The Labute approximate surface area is 157 Å². The van der Waals surface area contributed by atoms with Crippen LogP contribution >= 0.6 is 0 Å². The molecule has 2 heterocycles. The van der Waals surface area contributed by atoms with Crippen molar-refractivity contribution in [1.82, 2.24) is 9.88 Å². The van der Waals surface area contributed by atoms with Crippen LogP contribution in [0.5, 0.6) is 0 Å². The SMILES string of the molecule is C=C1CCCCCC1N1Cc2c(CCc3ccccn3)cccc2C1=C. The summed E-state index contributed by atoms with van der Waals surface area (Å²) in [4.78, 5) is 6.99. The van der Waals surface area contributed by atoms with Crippen molar-refractivity contribution in [3.8, 4) is 0 Å². The van der Waals surface area contributed by atoms with Crippen molar-refractivity contribution in [3.05, 3.63) is 83.7 Å². The zero-order valence-electron chi connectivity index (χ0n) is 15.6. The quantitative estimate of drug-likeness (QED) is 0.534. The Kier molecular flexibility index (Phi) is 4.92. The van der Waals surface area contributed by atoms with Gasteiger partial charge in [-0.25, -0.2) is 0 Å². The van der Waals surface area contributed by atoms with Crippen LogP contribution in [-0.4, -0.2) is 15.9 Å². The highest BCUT2D eigenvalue weighted by molar-refractivity contribution is 5.71. The molecular formula is C24H28N2. The zero-order chi connectivity index (χ0) is 17.9. The summed E-state index contributed by atoms with van der Waals surface area (Å²) >= 11 is 0. The number of benzene rings is 1. The maximum atomic E-state index is 4.47. The minimum atomic E-state index is 0.459. The number of pyridine rings is 1. The van der Waals surface area contributed by atoms with E-state index in [1.807, 2.05) is 12.3 Å². The van der Waals surface area contributed by atoms with Gasteiger partial charge in [0, 0.05) is 29.7 Å². The van der Waals surface area contributed by atoms with Crippen LogP contribution < -0.4 is 0 Å². The van der Waals surface area contributed by atoms with Crippen LogP contribution in [0.2, 0.25) is 0 Å². The molecule has 1 aliphatic heterocycles. The van der Waals surface area contributed by atoms with Crippen molar-refractivity contribution in [3.63, 3.8) is 0 Å². The maximum Gasteiger partial charge on any atom is 0.0503 e. The van der Waals surface area contributed by atoms with E-state index in [1.54, 1.807) is 0 Å². The molecule has 2 aliphatic rings. The van der Waals surface area contributed by atoms with Gasteiger partial charge >= 0.3 is 0 Å². The van der Waals surface area contributed by atoms with E-state index in [9.17, 15) is 0 Å². The topological polar surface area (TPSA) is 16.1 Å². The lowest BCUT2D eigenvalue weighted by atomic mass is 9.98. The number of rotatable bonds is 4. The van der Waals surface area contributed by atoms with E-state index in [4.69, 9.17) is 0 Å². The Hall–Kier alpha value is -2.35. The zero-order valence-corrected chi connectivity index (χ0v) is 15.6. The molecule has 134 valence electrons. The summed E-state index contributed by atoms with van der Waals surface area (Å²) in [5.74, 6) is 0. The summed E-state index contributed by atoms with van der Waals surface area (Å²) in [6.07, 6.45) is 10.2. The molecule has 1 aliphatic carbocycles. The van der Waals surface area contributed by atoms with Gasteiger partial charge in [-0.3, -0.25) is 4.98 Å². The van der Waals surface area contributed by atoms with Gasteiger partial charge in [0.25, 0.3) is 0 Å². The highest BCUT2D eigenvalue weighted by atomic mass is 15.2. The van der Waals surface area contributed by atoms with E-state index in [-0.39, 0.29) is 0 Å². The fourth-order valence-electron chi connectivity index (χ4n) is 4.47. The predicted molar refractivity (Wildman–Crippen MR) is 109 cm³/mol. The second kappa shape index (κ2) is 7.49. The lowest BCUT2D eigenvalue weighted by molar-refractivity contribution is 0.317. The second-order valence-corrected chi connectivity index (χ2v) is 7.61. The van der Waals surface area contributed by atoms with Gasteiger partial charge in [0.15, 0.2) is 0 Å². The molecule has 4 rings (SSSR count). The Morgan fingerprint density at radius 2 is 1.92 bits per heavy atom. The third-order valence-corrected chi connectivity index (χ3v) is 5.96. The van der Waals surface area contributed by atoms with Crippen LogP contribution in [0.4, 0.5) is 0 Å². The lowest BCUT2D eigenvalue weighted by Gasteiger charge is -2.31. The predicted octanol–water partition coefficient (Wildman–Crippen LogP) is 5.54. The molecule has 0 N–H and O–H groups in total. The van der Waals surface area contributed by atoms with E-state index in [0.717, 1.165) is 31.5 Å². The van der Waals surface area contributed by atoms with Gasteiger partial charge in [0.1, 0.15) is 0 Å². The summed E-state index contributed by atoms with van der Waals surface area (Å²) in [5.41, 5.74) is 7.98. The van der Waals surface area contributed by atoms with Crippen LogP contribution in [0.15, 0.2) is 61.3 Å². The van der Waals surface area contributed by atoms with Gasteiger partial charge in [0.2, 0.25) is 0 Å². The normalized spacial score (nSPS) is 20.2. The minimum absolute atomic E-state index is 0.459. The number of hydrogen-bond donors (Lipinski definition) is 0. The molecule has 0 spiro atoms. The van der Waals surface area contributed by atoms with Crippen molar-refractivity contribution >= 4 is 5.70 Å². The minimum Gasteiger partial charge on any atom is -0.360 e. The van der Waals surface area contributed by atoms with E-state index < -0.39 is 0 Å². The largest absolute Gasteiger partial charge is 0.360 e. The molecule has 0 amide bonds. The Balaban J connectivity index is 1.55. The lowest BCUT2D eigenvalue weighted by Crippen LogP contribution is -2.30. The van der Waals surface area contributed by atoms with Crippen LogP contribution in [0.1, 0.15) is 54.5 Å². The molecule has 1 unspecified atom stereocenters. The monoisotopic (exact) mass is 344 g/mol. The number of aryl methyl sites for hydroxylation is 2. The molecule has 1 aromatic carbocycles. The first-order valence-corrected chi connectivity index (χ1v) is 9.88. The van der Waals surface area contributed by atoms with Crippen molar-refractivity contribution in [2.24, 2.45) is 0 Å². The summed E-state index contributed by atoms with van der Waals surface area (Å²) in [6, 6.07) is 13.3. The van der Waals surface area contributed by atoms with Crippen molar-refractivity contribution in [2.75, 3.05) is 0 Å². The Bertz CT molecular complexity index is 806. The average molecular weight is 345 g/mol. The highest BCUT2D eigenvalue weighted by Crippen LogP contribution is 2.39. The standard InChI is InChI=1S/C24H28N2/c1-18-9-4-3-5-13-24(18)26-17-23-20(10-8-12-22(23)19(26)2)14-15-21-11-6-7-16-25-21/h6-8,10-12,16,24H,1-5,9,13-15,17H2. The molecule has 0 radical (unpaired) electrons. The smallest absolute Gasteiger partial charge is 0.0503 e.